The summed E-state index contributed by atoms with van der Waals surface area (Å²) in [5.41, 5.74) is 4.54. The second kappa shape index (κ2) is 9.29. The summed E-state index contributed by atoms with van der Waals surface area (Å²) in [6.45, 7) is 5.42. The van der Waals surface area contributed by atoms with Crippen LogP contribution in [0.1, 0.15) is 89.1 Å². The Morgan fingerprint density at radius 2 is 2.00 bits per heavy atom. The molecule has 4 aromatic heterocycles. The summed E-state index contributed by atoms with van der Waals surface area (Å²) in [7, 11) is 0. The van der Waals surface area contributed by atoms with Crippen molar-refractivity contribution < 1.29 is 4.52 Å². The van der Waals surface area contributed by atoms with Crippen LogP contribution in [-0.4, -0.2) is 40.2 Å². The maximum atomic E-state index is 11.7. The molecule has 1 unspecified atom stereocenters. The summed E-state index contributed by atoms with van der Waals surface area (Å²) in [6.07, 6.45) is 11.1. The Kier molecular flexibility index (Phi) is 5.86. The fraction of sp³-hybridized carbons (Fsp3) is 0.630. The number of thiazole rings is 1. The van der Waals surface area contributed by atoms with E-state index in [1.54, 1.807) is 11.3 Å². The molecule has 3 saturated carbocycles. The van der Waals surface area contributed by atoms with Crippen molar-refractivity contribution in [1.29, 1.82) is 0 Å². The summed E-state index contributed by atoms with van der Waals surface area (Å²) in [5, 5.41) is 9.86. The van der Waals surface area contributed by atoms with E-state index < -0.39 is 5.76 Å². The minimum Gasteiger partial charge on any atom is -0.362 e. The molecule has 38 heavy (non-hydrogen) atoms. The van der Waals surface area contributed by atoms with E-state index in [1.807, 2.05) is 5.51 Å². The van der Waals surface area contributed by atoms with E-state index in [-0.39, 0.29) is 17.3 Å². The quantitative estimate of drug-likeness (QED) is 0.310. The highest BCUT2D eigenvalue weighted by Gasteiger charge is 2.51. The zero-order chi connectivity index (χ0) is 25.9. The van der Waals surface area contributed by atoms with Gasteiger partial charge in [0.25, 0.3) is 0 Å². The Morgan fingerprint density at radius 1 is 1.18 bits per heavy atom. The Hall–Kier alpha value is -3.08. The first-order valence-electron chi connectivity index (χ1n) is 14.0. The number of anilines is 1. The first-order chi connectivity index (χ1) is 18.5. The second-order valence-electron chi connectivity index (χ2n) is 11.8. The number of rotatable bonds is 8. The summed E-state index contributed by atoms with van der Waals surface area (Å²) in [4.78, 5) is 33.8. The van der Waals surface area contributed by atoms with Crippen molar-refractivity contribution in [2.45, 2.75) is 89.6 Å². The molecule has 3 fully saturated rings. The van der Waals surface area contributed by atoms with Gasteiger partial charge in [0.2, 0.25) is 11.6 Å². The van der Waals surface area contributed by atoms with Gasteiger partial charge in [0.1, 0.15) is 11.3 Å². The monoisotopic (exact) mass is 534 g/mol. The van der Waals surface area contributed by atoms with Gasteiger partial charge in [0.15, 0.2) is 11.5 Å². The summed E-state index contributed by atoms with van der Waals surface area (Å²) < 4.78 is 7.15. The van der Waals surface area contributed by atoms with E-state index >= 15 is 0 Å². The molecule has 2 N–H and O–H groups in total. The van der Waals surface area contributed by atoms with Crippen molar-refractivity contribution in [2.24, 2.45) is 17.8 Å². The van der Waals surface area contributed by atoms with Crippen molar-refractivity contribution >= 4 is 28.3 Å². The van der Waals surface area contributed by atoms with Crippen molar-refractivity contribution in [1.82, 2.24) is 34.6 Å². The zero-order valence-corrected chi connectivity index (χ0v) is 22.8. The standard InChI is InChI=1S/C27H34N8O2S/c1-15-6-8-17(9-7-15)12-35-20-21(31-25(35)16(2)19-13-38-14-28-19)29-23(24-32-26(36)37-34-24)30-22(20)33-27(10-11-27)18-4-3-5-18/h13-18H,3-12H2,1-2H3,(H,29,30,33)(H,32,34,36). The lowest BCUT2D eigenvalue weighted by Crippen LogP contribution is -2.36. The predicted octanol–water partition coefficient (Wildman–Crippen LogP) is 5.35. The van der Waals surface area contributed by atoms with Crippen LogP contribution in [0.5, 0.6) is 0 Å². The molecule has 3 aliphatic carbocycles. The molecule has 7 rings (SSSR count). The maximum absolute atomic E-state index is 11.7. The van der Waals surface area contributed by atoms with Gasteiger partial charge in [-0.1, -0.05) is 31.3 Å². The van der Waals surface area contributed by atoms with Gasteiger partial charge in [-0.25, -0.2) is 24.7 Å². The highest BCUT2D eigenvalue weighted by Crippen LogP contribution is 2.53. The van der Waals surface area contributed by atoms with Gasteiger partial charge < -0.3 is 9.88 Å². The molecule has 0 spiro atoms. The number of nitrogens with zero attached hydrogens (tertiary/aromatic N) is 6. The molecule has 0 aromatic carbocycles. The molecule has 11 heteroatoms. The summed E-state index contributed by atoms with van der Waals surface area (Å²) in [6, 6.07) is 0. The Balaban J connectivity index is 1.38. The average Bonchev–Trinajstić information content (AvgIpc) is 3.26. The van der Waals surface area contributed by atoms with Crippen molar-refractivity contribution in [2.75, 3.05) is 5.32 Å². The number of nitrogens with one attached hydrogen (secondary N) is 2. The minimum absolute atomic E-state index is 0.0163. The molecule has 0 amide bonds. The van der Waals surface area contributed by atoms with E-state index in [4.69, 9.17) is 19.5 Å². The van der Waals surface area contributed by atoms with Gasteiger partial charge in [-0.05, 0) is 63.2 Å². The number of fused-ring (bicyclic) bond motifs is 1. The Labute approximate surface area is 224 Å². The van der Waals surface area contributed by atoms with Crippen LogP contribution in [-0.2, 0) is 6.54 Å². The third-order valence-electron chi connectivity index (χ3n) is 9.19. The van der Waals surface area contributed by atoms with E-state index in [2.05, 4.69) is 44.2 Å². The predicted molar refractivity (Wildman–Crippen MR) is 145 cm³/mol. The van der Waals surface area contributed by atoms with Crippen molar-refractivity contribution in [3.63, 3.8) is 0 Å². The van der Waals surface area contributed by atoms with Crippen LogP contribution in [0.15, 0.2) is 20.2 Å². The third kappa shape index (κ3) is 4.24. The molecule has 4 heterocycles. The van der Waals surface area contributed by atoms with Gasteiger partial charge in [-0.2, -0.15) is 0 Å². The highest BCUT2D eigenvalue weighted by atomic mass is 32.1. The van der Waals surface area contributed by atoms with Crippen LogP contribution in [0.3, 0.4) is 0 Å². The SMILES string of the molecule is CC1CCC(Cn2c(C(C)c3cscn3)nc3nc(-c4noc(=O)[nH]4)nc(NC4(C5CCC5)CC4)c32)CC1. The van der Waals surface area contributed by atoms with Gasteiger partial charge in [0.05, 0.1) is 17.1 Å². The molecule has 200 valence electrons. The summed E-state index contributed by atoms with van der Waals surface area (Å²) >= 11 is 1.60. The molecule has 10 nitrogen and oxygen atoms in total. The molecule has 1 atom stereocenters. The molecular weight excluding hydrogens is 500 g/mol. The fourth-order valence-electron chi connectivity index (χ4n) is 6.39. The van der Waals surface area contributed by atoms with Crippen LogP contribution in [0.2, 0.25) is 0 Å². The van der Waals surface area contributed by atoms with Crippen LogP contribution in [0.4, 0.5) is 5.82 Å². The van der Waals surface area contributed by atoms with Crippen molar-refractivity contribution in [3.05, 3.63) is 33.0 Å². The van der Waals surface area contributed by atoms with E-state index in [1.165, 1.54) is 44.9 Å². The third-order valence-corrected chi connectivity index (χ3v) is 9.79. The molecule has 0 aliphatic heterocycles. The average molecular weight is 535 g/mol. The number of imidazole rings is 1. The molecule has 3 aliphatic rings. The molecular formula is C27H34N8O2S. The maximum Gasteiger partial charge on any atom is 0.439 e. The van der Waals surface area contributed by atoms with Gasteiger partial charge in [0, 0.05) is 17.5 Å². The number of aromatic nitrogens is 7. The smallest absolute Gasteiger partial charge is 0.362 e. The van der Waals surface area contributed by atoms with Gasteiger partial charge in [-0.3, -0.25) is 9.51 Å². The van der Waals surface area contributed by atoms with Gasteiger partial charge >= 0.3 is 5.76 Å². The number of aromatic amines is 1. The van der Waals surface area contributed by atoms with Crippen LogP contribution in [0, 0.1) is 17.8 Å². The second-order valence-corrected chi connectivity index (χ2v) is 12.5. The fourth-order valence-corrected chi connectivity index (χ4v) is 7.04. The van der Waals surface area contributed by atoms with Crippen LogP contribution >= 0.6 is 11.3 Å². The van der Waals surface area contributed by atoms with E-state index in [0.29, 0.717) is 23.3 Å². The molecule has 0 bridgehead atoms. The van der Waals surface area contributed by atoms with Crippen molar-refractivity contribution in [3.8, 4) is 11.6 Å². The van der Waals surface area contributed by atoms with E-state index in [9.17, 15) is 4.79 Å². The molecule has 0 saturated heterocycles. The minimum atomic E-state index is -0.624. The van der Waals surface area contributed by atoms with E-state index in [0.717, 1.165) is 48.2 Å². The van der Waals surface area contributed by atoms with Gasteiger partial charge in [-0.15, -0.1) is 11.3 Å². The normalized spacial score (nSPS) is 23.8. The topological polar surface area (TPSA) is 127 Å². The lowest BCUT2D eigenvalue weighted by molar-refractivity contribution is 0.260. The largest absolute Gasteiger partial charge is 0.439 e. The molecule has 0 radical (unpaired) electrons. The number of H-pyrrole nitrogens is 1. The Bertz CT molecular complexity index is 1490. The molecule has 4 aromatic rings. The van der Waals surface area contributed by atoms with Crippen LogP contribution < -0.4 is 11.1 Å². The number of hydrogen-bond acceptors (Lipinski definition) is 9. The Morgan fingerprint density at radius 3 is 2.63 bits per heavy atom. The first kappa shape index (κ1) is 24.0. The number of hydrogen-bond donors (Lipinski definition) is 2. The summed E-state index contributed by atoms with van der Waals surface area (Å²) in [5.74, 6) is 3.73. The lowest BCUT2D eigenvalue weighted by atomic mass is 9.78. The first-order valence-corrected chi connectivity index (χ1v) is 14.9. The highest BCUT2D eigenvalue weighted by molar-refractivity contribution is 7.07. The zero-order valence-electron chi connectivity index (χ0n) is 21.9. The van der Waals surface area contributed by atoms with Crippen LogP contribution in [0.25, 0.3) is 22.8 Å². The lowest BCUT2D eigenvalue weighted by Gasteiger charge is -2.35.